The summed E-state index contributed by atoms with van der Waals surface area (Å²) in [5.74, 6) is 1.49. The smallest absolute Gasteiger partial charge is 0.161 e. The van der Waals surface area contributed by atoms with Gasteiger partial charge in [-0.15, -0.1) is 0 Å². The number of hydrogen-bond acceptors (Lipinski definition) is 4. The fourth-order valence-electron chi connectivity index (χ4n) is 3.03. The van der Waals surface area contributed by atoms with Crippen molar-refractivity contribution < 1.29 is 19.3 Å². The molecule has 0 amide bonds. The largest absolute Gasteiger partial charge is 0.486 e. The minimum atomic E-state index is -0.848. The van der Waals surface area contributed by atoms with Gasteiger partial charge in [-0.1, -0.05) is 13.0 Å². The van der Waals surface area contributed by atoms with Crippen molar-refractivity contribution in [2.24, 2.45) is 0 Å². The standard InChI is InChI=1S/C16H22O4/c1-3-15(2)11-16(17,6-7-20-15)12-4-5-13-14(10-12)19-9-8-18-13/h4-5,10,17H,3,6-9,11H2,1-2H3. The van der Waals surface area contributed by atoms with Gasteiger partial charge in [0.2, 0.25) is 0 Å². The maximum Gasteiger partial charge on any atom is 0.161 e. The van der Waals surface area contributed by atoms with Crippen LogP contribution < -0.4 is 9.47 Å². The van der Waals surface area contributed by atoms with E-state index in [1.165, 1.54) is 0 Å². The van der Waals surface area contributed by atoms with E-state index >= 15 is 0 Å². The van der Waals surface area contributed by atoms with Crippen LogP contribution in [0, 0.1) is 0 Å². The highest BCUT2D eigenvalue weighted by atomic mass is 16.6. The van der Waals surface area contributed by atoms with E-state index in [4.69, 9.17) is 14.2 Å². The number of fused-ring (bicyclic) bond motifs is 1. The number of aliphatic hydroxyl groups is 1. The molecular formula is C16H22O4. The minimum absolute atomic E-state index is 0.264. The van der Waals surface area contributed by atoms with Gasteiger partial charge in [-0.25, -0.2) is 0 Å². The van der Waals surface area contributed by atoms with Crippen LogP contribution in [0.3, 0.4) is 0 Å². The molecule has 0 spiro atoms. The summed E-state index contributed by atoms with van der Waals surface area (Å²) in [6, 6.07) is 5.74. The zero-order valence-corrected chi connectivity index (χ0v) is 12.1. The summed E-state index contributed by atoms with van der Waals surface area (Å²) in [7, 11) is 0. The van der Waals surface area contributed by atoms with E-state index in [0.717, 1.165) is 23.5 Å². The molecule has 2 unspecified atom stereocenters. The Kier molecular flexibility index (Phi) is 3.38. The van der Waals surface area contributed by atoms with Crippen molar-refractivity contribution in [2.45, 2.75) is 44.3 Å². The summed E-state index contributed by atoms with van der Waals surface area (Å²) >= 11 is 0. The summed E-state index contributed by atoms with van der Waals surface area (Å²) in [6.07, 6.45) is 2.11. The summed E-state index contributed by atoms with van der Waals surface area (Å²) in [5.41, 5.74) is -0.219. The Labute approximate surface area is 119 Å². The lowest BCUT2D eigenvalue weighted by molar-refractivity contribution is -0.157. The van der Waals surface area contributed by atoms with Gasteiger partial charge >= 0.3 is 0 Å². The van der Waals surface area contributed by atoms with Crippen molar-refractivity contribution in [3.63, 3.8) is 0 Å². The lowest BCUT2D eigenvalue weighted by Gasteiger charge is -2.43. The zero-order chi connectivity index (χ0) is 14.2. The molecule has 1 N–H and O–H groups in total. The highest BCUT2D eigenvalue weighted by Crippen LogP contribution is 2.43. The molecule has 1 saturated heterocycles. The van der Waals surface area contributed by atoms with Crippen LogP contribution in [0.2, 0.25) is 0 Å². The summed E-state index contributed by atoms with van der Waals surface area (Å²) in [6.45, 7) is 5.88. The lowest BCUT2D eigenvalue weighted by atomic mass is 9.77. The second-order valence-corrected chi connectivity index (χ2v) is 5.97. The van der Waals surface area contributed by atoms with Crippen molar-refractivity contribution in [2.75, 3.05) is 19.8 Å². The van der Waals surface area contributed by atoms with Gasteiger partial charge in [-0.2, -0.15) is 0 Å². The molecule has 2 aliphatic heterocycles. The van der Waals surface area contributed by atoms with Crippen LogP contribution in [-0.4, -0.2) is 30.5 Å². The first-order valence-corrected chi connectivity index (χ1v) is 7.31. The van der Waals surface area contributed by atoms with E-state index in [9.17, 15) is 5.11 Å². The number of rotatable bonds is 2. The van der Waals surface area contributed by atoms with Crippen LogP contribution in [-0.2, 0) is 10.3 Å². The average molecular weight is 278 g/mol. The molecule has 2 heterocycles. The van der Waals surface area contributed by atoms with Crippen LogP contribution in [0.4, 0.5) is 0 Å². The summed E-state index contributed by atoms with van der Waals surface area (Å²) in [4.78, 5) is 0. The number of hydrogen-bond donors (Lipinski definition) is 1. The molecule has 4 nitrogen and oxygen atoms in total. The molecule has 1 aromatic rings. The highest BCUT2D eigenvalue weighted by molar-refractivity contribution is 5.45. The third kappa shape index (κ3) is 2.38. The third-order valence-electron chi connectivity index (χ3n) is 4.46. The summed E-state index contributed by atoms with van der Waals surface area (Å²) < 4.78 is 17.0. The first kappa shape index (κ1) is 13.7. The molecular weight excluding hydrogens is 256 g/mol. The molecule has 1 fully saturated rings. The SMILES string of the molecule is CCC1(C)CC(O)(c2ccc3c(c2)OCCO3)CCO1. The molecule has 0 radical (unpaired) electrons. The minimum Gasteiger partial charge on any atom is -0.486 e. The van der Waals surface area contributed by atoms with Crippen molar-refractivity contribution >= 4 is 0 Å². The molecule has 20 heavy (non-hydrogen) atoms. The molecule has 0 bridgehead atoms. The molecule has 1 aromatic carbocycles. The summed E-state index contributed by atoms with van der Waals surface area (Å²) in [5, 5.41) is 11.0. The number of ether oxygens (including phenoxy) is 3. The molecule has 2 aliphatic rings. The molecule has 2 atom stereocenters. The van der Waals surface area contributed by atoms with Crippen LogP contribution in [0.15, 0.2) is 18.2 Å². The van der Waals surface area contributed by atoms with Gasteiger partial charge in [0, 0.05) is 12.8 Å². The highest BCUT2D eigenvalue weighted by Gasteiger charge is 2.42. The van der Waals surface area contributed by atoms with Gasteiger partial charge in [-0.05, 0) is 31.0 Å². The quantitative estimate of drug-likeness (QED) is 0.903. The molecule has 3 rings (SSSR count). The lowest BCUT2D eigenvalue weighted by Crippen LogP contribution is -2.45. The van der Waals surface area contributed by atoms with Gasteiger partial charge in [0.05, 0.1) is 17.8 Å². The van der Waals surface area contributed by atoms with Gasteiger partial charge in [0.15, 0.2) is 11.5 Å². The van der Waals surface area contributed by atoms with Crippen LogP contribution >= 0.6 is 0 Å². The van der Waals surface area contributed by atoms with Crippen molar-refractivity contribution in [3.8, 4) is 11.5 Å². The van der Waals surface area contributed by atoms with Gasteiger partial charge in [0.1, 0.15) is 13.2 Å². The van der Waals surface area contributed by atoms with Crippen LogP contribution in [0.5, 0.6) is 11.5 Å². The predicted octanol–water partition coefficient (Wildman–Crippen LogP) is 2.62. The van der Waals surface area contributed by atoms with E-state index in [1.54, 1.807) is 0 Å². The fraction of sp³-hybridized carbons (Fsp3) is 0.625. The van der Waals surface area contributed by atoms with Gasteiger partial charge in [0.25, 0.3) is 0 Å². The molecule has 0 aromatic heterocycles. The van der Waals surface area contributed by atoms with Crippen LogP contribution in [0.1, 0.15) is 38.7 Å². The Morgan fingerprint density at radius 3 is 2.65 bits per heavy atom. The van der Waals surface area contributed by atoms with E-state index < -0.39 is 5.60 Å². The van der Waals surface area contributed by atoms with Crippen molar-refractivity contribution in [1.82, 2.24) is 0 Å². The predicted molar refractivity (Wildman–Crippen MR) is 75.2 cm³/mol. The first-order valence-electron chi connectivity index (χ1n) is 7.31. The Morgan fingerprint density at radius 2 is 1.90 bits per heavy atom. The third-order valence-corrected chi connectivity index (χ3v) is 4.46. The Balaban J connectivity index is 1.91. The zero-order valence-electron chi connectivity index (χ0n) is 12.1. The monoisotopic (exact) mass is 278 g/mol. The van der Waals surface area contributed by atoms with Crippen molar-refractivity contribution in [3.05, 3.63) is 23.8 Å². The first-order chi connectivity index (χ1) is 9.55. The van der Waals surface area contributed by atoms with Gasteiger partial charge in [-0.3, -0.25) is 0 Å². The molecule has 0 aliphatic carbocycles. The Hall–Kier alpha value is -1.26. The van der Waals surface area contributed by atoms with Gasteiger partial charge < -0.3 is 19.3 Å². The maximum absolute atomic E-state index is 11.0. The Morgan fingerprint density at radius 1 is 1.15 bits per heavy atom. The normalized spacial score (nSPS) is 33.0. The van der Waals surface area contributed by atoms with Crippen molar-refractivity contribution in [1.29, 1.82) is 0 Å². The molecule has 0 saturated carbocycles. The average Bonchev–Trinajstić information content (AvgIpc) is 2.46. The Bertz CT molecular complexity index is 501. The molecule has 110 valence electrons. The van der Waals surface area contributed by atoms with E-state index in [0.29, 0.717) is 32.7 Å². The molecule has 4 heteroatoms. The topological polar surface area (TPSA) is 47.9 Å². The van der Waals surface area contributed by atoms with E-state index in [1.807, 2.05) is 18.2 Å². The fourth-order valence-corrected chi connectivity index (χ4v) is 3.03. The second kappa shape index (κ2) is 4.93. The van der Waals surface area contributed by atoms with E-state index in [2.05, 4.69) is 13.8 Å². The maximum atomic E-state index is 11.0. The number of benzene rings is 1. The van der Waals surface area contributed by atoms with E-state index in [-0.39, 0.29) is 5.60 Å². The van der Waals surface area contributed by atoms with Crippen LogP contribution in [0.25, 0.3) is 0 Å². The second-order valence-electron chi connectivity index (χ2n) is 5.97.